The molecular formula is C20H25N5O. The van der Waals surface area contributed by atoms with Crippen LogP contribution < -0.4 is 15.4 Å². The molecule has 1 aromatic carbocycles. The highest BCUT2D eigenvalue weighted by molar-refractivity contribution is 5.83. The summed E-state index contributed by atoms with van der Waals surface area (Å²) < 4.78 is 5.16. The number of guanidine groups is 1. The number of nitrogens with zero attached hydrogens (tertiary/aromatic N) is 2. The highest BCUT2D eigenvalue weighted by atomic mass is 16.5. The van der Waals surface area contributed by atoms with Crippen molar-refractivity contribution in [3.05, 3.63) is 59.9 Å². The summed E-state index contributed by atoms with van der Waals surface area (Å²) in [5.41, 5.74) is 3.54. The van der Waals surface area contributed by atoms with Gasteiger partial charge in [0.1, 0.15) is 0 Å². The van der Waals surface area contributed by atoms with Crippen molar-refractivity contribution in [1.29, 1.82) is 0 Å². The molecule has 3 N–H and O–H groups in total. The first-order chi connectivity index (χ1) is 12.8. The molecule has 0 aliphatic heterocycles. The first kappa shape index (κ1) is 17.8. The van der Waals surface area contributed by atoms with Gasteiger partial charge in [0.05, 0.1) is 13.7 Å². The van der Waals surface area contributed by atoms with Crippen LogP contribution in [0.2, 0.25) is 0 Å². The Bertz CT molecular complexity index is 871. The largest absolute Gasteiger partial charge is 0.481 e. The molecule has 0 aliphatic carbocycles. The van der Waals surface area contributed by atoms with Gasteiger partial charge >= 0.3 is 0 Å². The van der Waals surface area contributed by atoms with E-state index in [4.69, 9.17) is 4.74 Å². The number of ether oxygens (including phenoxy) is 1. The Labute approximate surface area is 153 Å². The molecule has 0 saturated carbocycles. The number of aromatic nitrogens is 2. The molecule has 6 nitrogen and oxygen atoms in total. The fourth-order valence-electron chi connectivity index (χ4n) is 2.83. The lowest BCUT2D eigenvalue weighted by atomic mass is 10.1. The lowest BCUT2D eigenvalue weighted by Gasteiger charge is -2.11. The highest BCUT2D eigenvalue weighted by Gasteiger charge is 2.04. The molecule has 26 heavy (non-hydrogen) atoms. The van der Waals surface area contributed by atoms with E-state index in [-0.39, 0.29) is 0 Å². The Hall–Kier alpha value is -3.02. The van der Waals surface area contributed by atoms with Crippen LogP contribution in [0.15, 0.2) is 53.8 Å². The van der Waals surface area contributed by atoms with E-state index in [9.17, 15) is 0 Å². The molecule has 2 aromatic heterocycles. The zero-order valence-corrected chi connectivity index (χ0v) is 15.2. The van der Waals surface area contributed by atoms with Crippen LogP contribution in [-0.4, -0.2) is 36.1 Å². The highest BCUT2D eigenvalue weighted by Crippen LogP contribution is 2.17. The van der Waals surface area contributed by atoms with Gasteiger partial charge in [-0.15, -0.1) is 0 Å². The van der Waals surface area contributed by atoms with E-state index in [1.165, 1.54) is 16.5 Å². The van der Waals surface area contributed by atoms with Crippen LogP contribution in [0, 0.1) is 0 Å². The molecule has 0 amide bonds. The Morgan fingerprint density at radius 3 is 2.96 bits per heavy atom. The maximum atomic E-state index is 5.16. The minimum Gasteiger partial charge on any atom is -0.481 e. The topological polar surface area (TPSA) is 74.3 Å². The van der Waals surface area contributed by atoms with Crippen LogP contribution in [0.4, 0.5) is 0 Å². The van der Waals surface area contributed by atoms with Gasteiger partial charge in [0, 0.05) is 42.5 Å². The number of methoxy groups -OCH3 is 1. The van der Waals surface area contributed by atoms with Crippen molar-refractivity contribution in [2.24, 2.45) is 4.99 Å². The van der Waals surface area contributed by atoms with E-state index in [2.05, 4.69) is 56.9 Å². The molecule has 0 saturated heterocycles. The molecule has 3 rings (SSSR count). The number of rotatable bonds is 7. The monoisotopic (exact) mass is 351 g/mol. The zero-order chi connectivity index (χ0) is 18.2. The van der Waals surface area contributed by atoms with Gasteiger partial charge in [-0.3, -0.25) is 0 Å². The van der Waals surface area contributed by atoms with Gasteiger partial charge in [-0.2, -0.15) is 0 Å². The van der Waals surface area contributed by atoms with Crippen LogP contribution in [-0.2, 0) is 13.0 Å². The van der Waals surface area contributed by atoms with Crippen molar-refractivity contribution in [1.82, 2.24) is 20.6 Å². The normalized spacial score (nSPS) is 11.5. The average molecular weight is 351 g/mol. The van der Waals surface area contributed by atoms with Gasteiger partial charge in [0.15, 0.2) is 5.96 Å². The summed E-state index contributed by atoms with van der Waals surface area (Å²) >= 11 is 0. The third-order valence-corrected chi connectivity index (χ3v) is 4.13. The third kappa shape index (κ3) is 4.53. The Morgan fingerprint density at radius 1 is 1.23 bits per heavy atom. The number of H-pyrrole nitrogens is 1. The molecule has 0 fully saturated rings. The lowest BCUT2D eigenvalue weighted by Crippen LogP contribution is -2.38. The maximum Gasteiger partial charge on any atom is 0.213 e. The molecule has 0 radical (unpaired) electrons. The van der Waals surface area contributed by atoms with Crippen LogP contribution in [0.5, 0.6) is 5.88 Å². The lowest BCUT2D eigenvalue weighted by molar-refractivity contribution is 0.397. The first-order valence-electron chi connectivity index (χ1n) is 8.86. The van der Waals surface area contributed by atoms with Crippen LogP contribution in [0.3, 0.4) is 0 Å². The number of hydrogen-bond donors (Lipinski definition) is 3. The Morgan fingerprint density at radius 2 is 2.12 bits per heavy atom. The minimum absolute atomic E-state index is 0.571. The molecule has 2 heterocycles. The van der Waals surface area contributed by atoms with Crippen molar-refractivity contribution in [3.8, 4) is 5.88 Å². The number of pyridine rings is 1. The van der Waals surface area contributed by atoms with Crippen molar-refractivity contribution >= 4 is 16.9 Å². The number of benzene rings is 1. The molecule has 0 aliphatic rings. The van der Waals surface area contributed by atoms with E-state index in [1.54, 1.807) is 13.3 Å². The second-order valence-electron chi connectivity index (χ2n) is 5.94. The van der Waals surface area contributed by atoms with Gasteiger partial charge in [-0.05, 0) is 36.6 Å². The zero-order valence-electron chi connectivity index (χ0n) is 15.2. The number of nitrogens with one attached hydrogen (secondary N) is 3. The maximum absolute atomic E-state index is 5.16. The van der Waals surface area contributed by atoms with E-state index in [0.29, 0.717) is 12.4 Å². The molecule has 0 spiro atoms. The van der Waals surface area contributed by atoms with Crippen LogP contribution in [0.25, 0.3) is 10.9 Å². The summed E-state index contributed by atoms with van der Waals surface area (Å²) in [6.45, 7) is 4.26. The molecule has 0 unspecified atom stereocenters. The van der Waals surface area contributed by atoms with Gasteiger partial charge < -0.3 is 20.4 Å². The van der Waals surface area contributed by atoms with E-state index in [1.807, 2.05) is 18.2 Å². The molecule has 0 bridgehead atoms. The van der Waals surface area contributed by atoms with Crippen molar-refractivity contribution < 1.29 is 4.74 Å². The summed E-state index contributed by atoms with van der Waals surface area (Å²) in [6.07, 6.45) is 4.75. The standard InChI is InChI=1S/C20H25N5O/c1-3-21-20(25-13-15-8-10-22-19(12-15)26-2)23-11-9-16-14-24-18-7-5-4-6-17(16)18/h4-8,10,12,14,24H,3,9,11,13H2,1-2H3,(H2,21,23,25). The molecular weight excluding hydrogens is 326 g/mol. The number of para-hydroxylation sites is 1. The van der Waals surface area contributed by atoms with Crippen LogP contribution in [0.1, 0.15) is 18.1 Å². The molecule has 3 aromatic rings. The number of aliphatic imine (C=N–C) groups is 1. The summed E-state index contributed by atoms with van der Waals surface area (Å²) in [5.74, 6) is 1.41. The summed E-state index contributed by atoms with van der Waals surface area (Å²) in [5, 5.41) is 7.96. The fourth-order valence-corrected chi connectivity index (χ4v) is 2.83. The second-order valence-corrected chi connectivity index (χ2v) is 5.94. The quantitative estimate of drug-likeness (QED) is 0.452. The molecule has 0 atom stereocenters. The number of aromatic amines is 1. The minimum atomic E-state index is 0.571. The van der Waals surface area contributed by atoms with E-state index < -0.39 is 0 Å². The van der Waals surface area contributed by atoms with Crippen molar-refractivity contribution in [2.75, 3.05) is 20.2 Å². The second kappa shape index (κ2) is 8.89. The SMILES string of the molecule is CCNC(=NCc1ccnc(OC)c1)NCCc1c[nH]c2ccccc12. The van der Waals surface area contributed by atoms with Crippen molar-refractivity contribution in [3.63, 3.8) is 0 Å². The number of fused-ring (bicyclic) bond motifs is 1. The van der Waals surface area contributed by atoms with E-state index in [0.717, 1.165) is 31.0 Å². The third-order valence-electron chi connectivity index (χ3n) is 4.13. The Balaban J connectivity index is 1.59. The smallest absolute Gasteiger partial charge is 0.213 e. The fraction of sp³-hybridized carbons (Fsp3) is 0.300. The first-order valence-corrected chi connectivity index (χ1v) is 8.86. The average Bonchev–Trinajstić information content (AvgIpc) is 3.09. The van der Waals surface area contributed by atoms with Crippen molar-refractivity contribution in [2.45, 2.75) is 19.9 Å². The predicted molar refractivity (Wildman–Crippen MR) is 106 cm³/mol. The summed E-state index contributed by atoms with van der Waals surface area (Å²) in [7, 11) is 1.62. The van der Waals surface area contributed by atoms with Crippen LogP contribution >= 0.6 is 0 Å². The number of hydrogen-bond acceptors (Lipinski definition) is 3. The predicted octanol–water partition coefficient (Wildman–Crippen LogP) is 2.87. The summed E-state index contributed by atoms with van der Waals surface area (Å²) in [4.78, 5) is 12.1. The Kier molecular flexibility index (Phi) is 6.09. The van der Waals surface area contributed by atoms with Gasteiger partial charge in [0.2, 0.25) is 5.88 Å². The molecule has 6 heteroatoms. The molecule has 136 valence electrons. The summed E-state index contributed by atoms with van der Waals surface area (Å²) in [6, 6.07) is 12.2. The van der Waals surface area contributed by atoms with Gasteiger partial charge in [-0.1, -0.05) is 18.2 Å². The van der Waals surface area contributed by atoms with Gasteiger partial charge in [0.25, 0.3) is 0 Å². The van der Waals surface area contributed by atoms with E-state index >= 15 is 0 Å². The van der Waals surface area contributed by atoms with Gasteiger partial charge in [-0.25, -0.2) is 9.98 Å².